The Morgan fingerprint density at radius 2 is 2.37 bits per heavy atom. The van der Waals surface area contributed by atoms with Gasteiger partial charge in [0.25, 0.3) is 0 Å². The van der Waals surface area contributed by atoms with E-state index >= 15 is 0 Å². The molecule has 4 heteroatoms. The molecule has 2 aliphatic heterocycles. The SMILES string of the molecule is Cc1nc2ccccn2c1CNC1CC2CCC1O2. The molecule has 4 rings (SSSR count). The van der Waals surface area contributed by atoms with Crippen LogP contribution < -0.4 is 5.32 Å². The molecule has 2 fully saturated rings. The van der Waals surface area contributed by atoms with Gasteiger partial charge < -0.3 is 14.5 Å². The summed E-state index contributed by atoms with van der Waals surface area (Å²) >= 11 is 0. The van der Waals surface area contributed by atoms with Gasteiger partial charge >= 0.3 is 0 Å². The lowest BCUT2D eigenvalue weighted by Crippen LogP contribution is -2.37. The number of pyridine rings is 1. The minimum atomic E-state index is 0.435. The van der Waals surface area contributed by atoms with Crippen molar-refractivity contribution in [3.05, 3.63) is 35.8 Å². The number of nitrogens with zero attached hydrogens (tertiary/aromatic N) is 2. The van der Waals surface area contributed by atoms with E-state index in [4.69, 9.17) is 4.74 Å². The van der Waals surface area contributed by atoms with Gasteiger partial charge in [-0.25, -0.2) is 4.98 Å². The van der Waals surface area contributed by atoms with Crippen LogP contribution >= 0.6 is 0 Å². The molecule has 0 amide bonds. The van der Waals surface area contributed by atoms with Crippen molar-refractivity contribution in [2.45, 2.75) is 51.0 Å². The summed E-state index contributed by atoms with van der Waals surface area (Å²) in [5.74, 6) is 0. The fourth-order valence-corrected chi connectivity index (χ4v) is 3.46. The molecule has 100 valence electrons. The second-order valence-corrected chi connectivity index (χ2v) is 5.67. The Balaban J connectivity index is 1.54. The minimum Gasteiger partial charge on any atom is -0.373 e. The summed E-state index contributed by atoms with van der Waals surface area (Å²) in [5.41, 5.74) is 3.40. The number of hydrogen-bond acceptors (Lipinski definition) is 3. The van der Waals surface area contributed by atoms with E-state index in [0.29, 0.717) is 18.2 Å². The number of fused-ring (bicyclic) bond motifs is 3. The highest BCUT2D eigenvalue weighted by molar-refractivity contribution is 5.42. The van der Waals surface area contributed by atoms with Crippen molar-refractivity contribution in [2.24, 2.45) is 0 Å². The smallest absolute Gasteiger partial charge is 0.137 e. The van der Waals surface area contributed by atoms with E-state index in [1.54, 1.807) is 0 Å². The second-order valence-electron chi connectivity index (χ2n) is 5.67. The predicted octanol–water partition coefficient (Wildman–Crippen LogP) is 2.05. The maximum atomic E-state index is 5.89. The Hall–Kier alpha value is -1.39. The molecule has 0 radical (unpaired) electrons. The van der Waals surface area contributed by atoms with Crippen LogP contribution in [0, 0.1) is 6.92 Å². The highest BCUT2D eigenvalue weighted by Gasteiger charge is 2.40. The fraction of sp³-hybridized carbons (Fsp3) is 0.533. The van der Waals surface area contributed by atoms with Gasteiger partial charge in [-0.3, -0.25) is 0 Å². The van der Waals surface area contributed by atoms with E-state index in [1.165, 1.54) is 25.0 Å². The molecule has 3 unspecified atom stereocenters. The molecule has 3 atom stereocenters. The van der Waals surface area contributed by atoms with Crippen molar-refractivity contribution in [2.75, 3.05) is 0 Å². The highest BCUT2D eigenvalue weighted by Crippen LogP contribution is 2.34. The molecule has 0 aromatic carbocycles. The fourth-order valence-electron chi connectivity index (χ4n) is 3.46. The van der Waals surface area contributed by atoms with Gasteiger partial charge in [-0.15, -0.1) is 0 Å². The van der Waals surface area contributed by atoms with E-state index in [0.717, 1.165) is 17.9 Å². The summed E-state index contributed by atoms with van der Waals surface area (Å²) < 4.78 is 8.06. The standard InChI is InChI=1S/C15H19N3O/c1-10-13(18-7-3-2-4-15(18)17-10)9-16-12-8-11-5-6-14(12)19-11/h2-4,7,11-12,14,16H,5-6,8-9H2,1H3. The summed E-state index contributed by atoms with van der Waals surface area (Å²) in [6.07, 6.45) is 6.66. The molecular formula is C15H19N3O. The number of ether oxygens (including phenoxy) is 1. The van der Waals surface area contributed by atoms with Crippen LogP contribution in [0.3, 0.4) is 0 Å². The Labute approximate surface area is 112 Å². The molecule has 2 saturated heterocycles. The maximum Gasteiger partial charge on any atom is 0.137 e. The van der Waals surface area contributed by atoms with Gasteiger partial charge in [0.05, 0.1) is 23.6 Å². The highest BCUT2D eigenvalue weighted by atomic mass is 16.5. The molecule has 2 aliphatic rings. The van der Waals surface area contributed by atoms with Crippen molar-refractivity contribution in [1.82, 2.24) is 14.7 Å². The van der Waals surface area contributed by atoms with Crippen molar-refractivity contribution in [3.63, 3.8) is 0 Å². The third-order valence-corrected chi connectivity index (χ3v) is 4.47. The molecule has 19 heavy (non-hydrogen) atoms. The van der Waals surface area contributed by atoms with Crippen LogP contribution in [0.15, 0.2) is 24.4 Å². The summed E-state index contributed by atoms with van der Waals surface area (Å²) in [7, 11) is 0. The van der Waals surface area contributed by atoms with Gasteiger partial charge in [-0.05, 0) is 38.3 Å². The quantitative estimate of drug-likeness (QED) is 0.914. The first-order valence-corrected chi connectivity index (χ1v) is 7.12. The number of hydrogen-bond donors (Lipinski definition) is 1. The first-order chi connectivity index (χ1) is 9.31. The first kappa shape index (κ1) is 11.4. The zero-order valence-electron chi connectivity index (χ0n) is 11.2. The molecule has 0 aliphatic carbocycles. The van der Waals surface area contributed by atoms with Gasteiger partial charge in [-0.2, -0.15) is 0 Å². The van der Waals surface area contributed by atoms with E-state index in [1.807, 2.05) is 6.07 Å². The van der Waals surface area contributed by atoms with E-state index in [2.05, 4.69) is 40.0 Å². The normalized spacial score (nSPS) is 29.4. The summed E-state index contributed by atoms with van der Waals surface area (Å²) in [4.78, 5) is 4.60. The van der Waals surface area contributed by atoms with Gasteiger partial charge in [-0.1, -0.05) is 6.07 Å². The largest absolute Gasteiger partial charge is 0.373 e. The number of rotatable bonds is 3. The van der Waals surface area contributed by atoms with Crippen LogP contribution in [0.25, 0.3) is 5.65 Å². The van der Waals surface area contributed by atoms with Crippen molar-refractivity contribution >= 4 is 5.65 Å². The zero-order chi connectivity index (χ0) is 12.8. The summed E-state index contributed by atoms with van der Waals surface area (Å²) in [6, 6.07) is 6.66. The first-order valence-electron chi connectivity index (χ1n) is 7.12. The Bertz CT molecular complexity index is 606. The lowest BCUT2D eigenvalue weighted by atomic mass is 9.95. The topological polar surface area (TPSA) is 38.6 Å². The number of aryl methyl sites for hydroxylation is 1. The van der Waals surface area contributed by atoms with E-state index in [9.17, 15) is 0 Å². The minimum absolute atomic E-state index is 0.435. The third kappa shape index (κ3) is 1.86. The number of imidazole rings is 1. The number of nitrogens with one attached hydrogen (secondary N) is 1. The summed E-state index contributed by atoms with van der Waals surface area (Å²) in [5, 5.41) is 3.66. The van der Waals surface area contributed by atoms with Gasteiger partial charge in [0.1, 0.15) is 5.65 Å². The molecule has 0 saturated carbocycles. The van der Waals surface area contributed by atoms with E-state index < -0.39 is 0 Å². The van der Waals surface area contributed by atoms with Crippen LogP contribution in [-0.2, 0) is 11.3 Å². The van der Waals surface area contributed by atoms with Crippen LogP contribution in [0.5, 0.6) is 0 Å². The molecule has 0 spiro atoms. The van der Waals surface area contributed by atoms with E-state index in [-0.39, 0.29) is 0 Å². The van der Waals surface area contributed by atoms with Crippen LogP contribution in [0.4, 0.5) is 0 Å². The monoisotopic (exact) mass is 257 g/mol. The molecule has 2 aromatic heterocycles. The predicted molar refractivity (Wildman–Crippen MR) is 73.1 cm³/mol. The van der Waals surface area contributed by atoms with Crippen molar-refractivity contribution in [1.29, 1.82) is 0 Å². The molecule has 4 heterocycles. The van der Waals surface area contributed by atoms with Crippen molar-refractivity contribution < 1.29 is 4.74 Å². The Morgan fingerprint density at radius 3 is 3.16 bits per heavy atom. The van der Waals surface area contributed by atoms with Gasteiger partial charge in [0.2, 0.25) is 0 Å². The second kappa shape index (κ2) is 4.32. The van der Waals surface area contributed by atoms with Crippen molar-refractivity contribution in [3.8, 4) is 0 Å². The molecule has 2 bridgehead atoms. The Kier molecular flexibility index (Phi) is 2.60. The lowest BCUT2D eigenvalue weighted by Gasteiger charge is -2.20. The number of aromatic nitrogens is 2. The molecule has 2 aromatic rings. The maximum absolute atomic E-state index is 5.89. The van der Waals surface area contributed by atoms with Gasteiger partial charge in [0.15, 0.2) is 0 Å². The third-order valence-electron chi connectivity index (χ3n) is 4.47. The average molecular weight is 257 g/mol. The van der Waals surface area contributed by atoms with Crippen LogP contribution in [-0.4, -0.2) is 27.6 Å². The zero-order valence-corrected chi connectivity index (χ0v) is 11.2. The van der Waals surface area contributed by atoms with Crippen LogP contribution in [0.1, 0.15) is 30.7 Å². The van der Waals surface area contributed by atoms with Crippen LogP contribution in [0.2, 0.25) is 0 Å². The summed E-state index contributed by atoms with van der Waals surface area (Å²) in [6.45, 7) is 2.95. The lowest BCUT2D eigenvalue weighted by molar-refractivity contribution is 0.0972. The molecular weight excluding hydrogens is 238 g/mol. The molecule has 1 N–H and O–H groups in total. The van der Waals surface area contributed by atoms with Gasteiger partial charge in [0, 0.05) is 18.8 Å². The molecule has 4 nitrogen and oxygen atoms in total. The Morgan fingerprint density at radius 1 is 1.42 bits per heavy atom. The average Bonchev–Trinajstić information content (AvgIpc) is 3.09.